The summed E-state index contributed by atoms with van der Waals surface area (Å²) in [7, 11) is 0. The molecule has 4 atom stereocenters. The molecule has 1 saturated heterocycles. The van der Waals surface area contributed by atoms with E-state index in [0.29, 0.717) is 16.5 Å². The van der Waals surface area contributed by atoms with Gasteiger partial charge in [0.1, 0.15) is 6.04 Å². The Balaban J connectivity index is 1.84. The third-order valence-electron chi connectivity index (χ3n) is 6.54. The number of Topliss-reactive ketones (excluding diaryl/α,β-unsaturated/α-hetero) is 1. The Kier molecular flexibility index (Phi) is 8.10. The summed E-state index contributed by atoms with van der Waals surface area (Å²) in [5, 5.41) is 2.52. The average molecular weight is 568 g/mol. The maximum atomic E-state index is 14.0. The van der Waals surface area contributed by atoms with E-state index in [2.05, 4.69) is 0 Å². The SMILES string of the molecule is C[C@@H]1C=CC[C@@H]2C(=O)N(N(C(=O)c3ccc(Cl)cc3Cl)[C@@H](CCCl)C(=O)c3ccc(Cl)cc3)C(=O)[C@H]12. The fourth-order valence-corrected chi connectivity index (χ4v) is 5.60. The van der Waals surface area contributed by atoms with Gasteiger partial charge >= 0.3 is 0 Å². The van der Waals surface area contributed by atoms with Gasteiger partial charge in [-0.2, -0.15) is 5.01 Å². The third-order valence-corrected chi connectivity index (χ3v) is 7.56. The lowest BCUT2D eigenvalue weighted by Gasteiger charge is -2.36. The maximum Gasteiger partial charge on any atom is 0.275 e. The van der Waals surface area contributed by atoms with Crippen LogP contribution in [0.5, 0.6) is 0 Å². The molecule has 1 fully saturated rings. The van der Waals surface area contributed by atoms with Gasteiger partial charge in [0.05, 0.1) is 22.4 Å². The Hall–Kier alpha value is -2.38. The first-order valence-electron chi connectivity index (χ1n) is 11.3. The third kappa shape index (κ3) is 4.92. The van der Waals surface area contributed by atoms with Crippen molar-refractivity contribution in [3.05, 3.63) is 80.8 Å². The number of halogens is 4. The van der Waals surface area contributed by atoms with Gasteiger partial charge in [0.2, 0.25) is 0 Å². The summed E-state index contributed by atoms with van der Waals surface area (Å²) in [5.74, 6) is -3.84. The molecule has 0 unspecified atom stereocenters. The molecule has 3 amide bonds. The molecule has 10 heteroatoms. The molecular formula is C26H22Cl4N2O4. The van der Waals surface area contributed by atoms with Gasteiger partial charge in [-0.3, -0.25) is 19.2 Å². The van der Waals surface area contributed by atoms with E-state index in [1.54, 1.807) is 12.1 Å². The van der Waals surface area contributed by atoms with Crippen LogP contribution in [-0.4, -0.2) is 45.4 Å². The summed E-state index contributed by atoms with van der Waals surface area (Å²) in [6, 6.07) is 9.12. The van der Waals surface area contributed by atoms with E-state index >= 15 is 0 Å². The number of imide groups is 1. The fraction of sp³-hybridized carbons (Fsp3) is 0.308. The van der Waals surface area contributed by atoms with E-state index in [1.807, 2.05) is 19.1 Å². The van der Waals surface area contributed by atoms with Crippen molar-refractivity contribution in [3.63, 3.8) is 0 Å². The van der Waals surface area contributed by atoms with E-state index < -0.39 is 41.4 Å². The number of nitrogens with zero attached hydrogens (tertiary/aromatic N) is 2. The van der Waals surface area contributed by atoms with Gasteiger partial charge in [-0.05, 0) is 61.2 Å². The molecule has 2 aromatic rings. The molecule has 1 aliphatic heterocycles. The Bertz CT molecular complexity index is 1250. The van der Waals surface area contributed by atoms with Gasteiger partial charge in [-0.25, -0.2) is 5.01 Å². The van der Waals surface area contributed by atoms with E-state index in [9.17, 15) is 19.2 Å². The Morgan fingerprint density at radius 1 is 1.03 bits per heavy atom. The molecule has 36 heavy (non-hydrogen) atoms. The zero-order valence-corrected chi connectivity index (χ0v) is 22.2. The minimum atomic E-state index is -1.25. The highest BCUT2D eigenvalue weighted by molar-refractivity contribution is 6.37. The van der Waals surface area contributed by atoms with E-state index in [-0.39, 0.29) is 34.4 Å². The molecule has 0 spiro atoms. The number of fused-ring (bicyclic) bond motifs is 1. The molecule has 188 valence electrons. The monoisotopic (exact) mass is 566 g/mol. The predicted molar refractivity (Wildman–Crippen MR) is 139 cm³/mol. The second-order valence-electron chi connectivity index (χ2n) is 8.78. The molecule has 0 radical (unpaired) electrons. The second-order valence-corrected chi connectivity index (χ2v) is 10.4. The van der Waals surface area contributed by atoms with Crippen LogP contribution in [0.15, 0.2) is 54.6 Å². The van der Waals surface area contributed by atoms with E-state index in [4.69, 9.17) is 46.4 Å². The van der Waals surface area contributed by atoms with E-state index in [0.717, 1.165) is 10.0 Å². The first-order valence-corrected chi connectivity index (χ1v) is 13.0. The summed E-state index contributed by atoms with van der Waals surface area (Å²) in [4.78, 5) is 54.9. The van der Waals surface area contributed by atoms with Crippen LogP contribution in [0.4, 0.5) is 0 Å². The number of carbonyl (C=O) groups is 4. The normalized spacial score (nSPS) is 21.9. The molecule has 0 bridgehead atoms. The molecule has 1 heterocycles. The van der Waals surface area contributed by atoms with Crippen LogP contribution in [0, 0.1) is 17.8 Å². The van der Waals surface area contributed by atoms with Crippen molar-refractivity contribution in [1.82, 2.24) is 10.0 Å². The highest BCUT2D eigenvalue weighted by atomic mass is 35.5. The highest BCUT2D eigenvalue weighted by Crippen LogP contribution is 2.40. The van der Waals surface area contributed by atoms with Crippen molar-refractivity contribution in [2.45, 2.75) is 25.8 Å². The zero-order chi connectivity index (χ0) is 26.1. The van der Waals surface area contributed by atoms with Gasteiger partial charge in [0.15, 0.2) is 5.78 Å². The molecule has 2 aromatic carbocycles. The van der Waals surface area contributed by atoms with Crippen molar-refractivity contribution in [2.24, 2.45) is 17.8 Å². The first kappa shape index (κ1) is 26.7. The smallest absolute Gasteiger partial charge is 0.275 e. The number of hydrazine groups is 1. The summed E-state index contributed by atoms with van der Waals surface area (Å²) >= 11 is 24.4. The van der Waals surface area contributed by atoms with Crippen molar-refractivity contribution in [1.29, 1.82) is 0 Å². The van der Waals surface area contributed by atoms with Crippen LogP contribution < -0.4 is 0 Å². The lowest BCUT2D eigenvalue weighted by molar-refractivity contribution is -0.156. The molecule has 6 nitrogen and oxygen atoms in total. The number of ketones is 1. The van der Waals surface area contributed by atoms with Gasteiger partial charge in [-0.15, -0.1) is 11.6 Å². The number of amides is 3. The van der Waals surface area contributed by atoms with Gasteiger partial charge in [-0.1, -0.05) is 53.9 Å². The molecule has 0 saturated carbocycles. The van der Waals surface area contributed by atoms with Crippen LogP contribution in [0.1, 0.15) is 40.5 Å². The Morgan fingerprint density at radius 2 is 1.69 bits per heavy atom. The summed E-state index contributed by atoms with van der Waals surface area (Å²) in [6.07, 6.45) is 4.09. The zero-order valence-electron chi connectivity index (χ0n) is 19.2. The average Bonchev–Trinajstić information content (AvgIpc) is 3.09. The number of hydrogen-bond acceptors (Lipinski definition) is 4. The van der Waals surface area contributed by atoms with Crippen LogP contribution in [0.2, 0.25) is 15.1 Å². The number of benzene rings is 2. The lowest BCUT2D eigenvalue weighted by Crippen LogP contribution is -2.57. The summed E-state index contributed by atoms with van der Waals surface area (Å²) in [6.45, 7) is 1.85. The highest BCUT2D eigenvalue weighted by Gasteiger charge is 2.55. The topological polar surface area (TPSA) is 74.8 Å². The number of carbonyl (C=O) groups excluding carboxylic acids is 4. The van der Waals surface area contributed by atoms with Crippen LogP contribution in [0.25, 0.3) is 0 Å². The number of hydrogen-bond donors (Lipinski definition) is 0. The fourth-order valence-electron chi connectivity index (χ4n) is 4.78. The van der Waals surface area contributed by atoms with Crippen LogP contribution in [0.3, 0.4) is 0 Å². The summed E-state index contributed by atoms with van der Waals surface area (Å²) < 4.78 is 0. The predicted octanol–water partition coefficient (Wildman–Crippen LogP) is 6.08. The van der Waals surface area contributed by atoms with Crippen molar-refractivity contribution in [2.75, 3.05) is 5.88 Å². The quantitative estimate of drug-likeness (QED) is 0.176. The number of alkyl halides is 1. The maximum absolute atomic E-state index is 14.0. The van der Waals surface area contributed by atoms with Crippen molar-refractivity contribution >= 4 is 69.9 Å². The molecule has 0 N–H and O–H groups in total. The second kappa shape index (κ2) is 10.9. The minimum absolute atomic E-state index is 0.00816. The lowest BCUT2D eigenvalue weighted by atomic mass is 9.78. The van der Waals surface area contributed by atoms with Gasteiger partial charge < -0.3 is 0 Å². The first-order chi connectivity index (χ1) is 17.1. The standard InChI is InChI=1S/C26H22Cl4N2O4/c1-14-3-2-4-19-22(14)26(36)32(25(19)35)31(24(34)18-10-9-17(29)13-20(18)30)21(11-12-27)23(33)15-5-7-16(28)8-6-15/h2-3,5-10,13-14,19,21-22H,4,11-12H2,1H3/t14-,19+,21+,22-/m1/s1. The molecule has 2 aliphatic rings. The molecule has 1 aliphatic carbocycles. The Morgan fingerprint density at radius 3 is 2.31 bits per heavy atom. The van der Waals surface area contributed by atoms with Crippen molar-refractivity contribution in [3.8, 4) is 0 Å². The molecular weight excluding hydrogens is 546 g/mol. The minimum Gasteiger partial charge on any atom is -0.292 e. The van der Waals surface area contributed by atoms with Crippen LogP contribution >= 0.6 is 46.4 Å². The van der Waals surface area contributed by atoms with E-state index in [1.165, 1.54) is 30.3 Å². The molecule has 4 rings (SSSR count). The summed E-state index contributed by atoms with van der Waals surface area (Å²) in [5.41, 5.74) is 0.243. The largest absolute Gasteiger partial charge is 0.292 e. The van der Waals surface area contributed by atoms with Crippen LogP contribution in [-0.2, 0) is 9.59 Å². The van der Waals surface area contributed by atoms with Gasteiger partial charge in [0, 0.05) is 21.5 Å². The van der Waals surface area contributed by atoms with Crippen molar-refractivity contribution < 1.29 is 19.2 Å². The number of rotatable bonds is 7. The number of allylic oxidation sites excluding steroid dienone is 2. The molecule has 0 aromatic heterocycles. The van der Waals surface area contributed by atoms with Gasteiger partial charge in [0.25, 0.3) is 17.7 Å². The Labute approximate surface area is 228 Å².